The van der Waals surface area contributed by atoms with Gasteiger partial charge in [-0.25, -0.2) is 4.39 Å². The van der Waals surface area contributed by atoms with Gasteiger partial charge in [-0.3, -0.25) is 9.59 Å². The number of halogens is 2. The van der Waals surface area contributed by atoms with E-state index in [0.717, 1.165) is 19.6 Å². The van der Waals surface area contributed by atoms with E-state index in [2.05, 4.69) is 18.7 Å². The molecular formula is C24H24ClFN2O3. The highest BCUT2D eigenvalue weighted by Gasteiger charge is 2.43. The van der Waals surface area contributed by atoms with E-state index in [9.17, 15) is 14.0 Å². The van der Waals surface area contributed by atoms with Gasteiger partial charge in [0.25, 0.3) is 5.91 Å². The summed E-state index contributed by atoms with van der Waals surface area (Å²) in [5, 5.41) is 0.674. The second-order valence-corrected chi connectivity index (χ2v) is 8.05. The lowest BCUT2D eigenvalue weighted by molar-refractivity contribution is 0.0718. The smallest absolute Gasteiger partial charge is 0.290 e. The zero-order chi connectivity index (χ0) is 22.1. The third kappa shape index (κ3) is 3.86. The molecule has 5 nitrogen and oxygen atoms in total. The van der Waals surface area contributed by atoms with Crippen LogP contribution in [0.1, 0.15) is 48.0 Å². The number of hydrogen-bond acceptors (Lipinski definition) is 4. The van der Waals surface area contributed by atoms with Crippen LogP contribution in [0.5, 0.6) is 0 Å². The maximum Gasteiger partial charge on any atom is 0.290 e. The molecule has 162 valence electrons. The second-order valence-electron chi connectivity index (χ2n) is 7.62. The number of nitrogens with zero attached hydrogens (tertiary/aromatic N) is 2. The lowest BCUT2D eigenvalue weighted by Gasteiger charge is -2.26. The first-order valence-corrected chi connectivity index (χ1v) is 10.9. The Hall–Kier alpha value is -2.70. The molecule has 1 aliphatic heterocycles. The molecule has 0 saturated carbocycles. The molecule has 2 heterocycles. The van der Waals surface area contributed by atoms with Gasteiger partial charge < -0.3 is 14.2 Å². The first kappa shape index (κ1) is 21.5. The molecule has 2 aromatic carbocycles. The van der Waals surface area contributed by atoms with E-state index in [-0.39, 0.29) is 27.7 Å². The van der Waals surface area contributed by atoms with E-state index < -0.39 is 17.8 Å². The van der Waals surface area contributed by atoms with E-state index in [4.69, 9.17) is 16.0 Å². The summed E-state index contributed by atoms with van der Waals surface area (Å²) in [5.41, 5.74) is 0.393. The SMILES string of the molecule is CCN(CC)CCCN1C(=O)c2oc3ccc(Cl)cc3c(=O)c2[C@@H]1c1ccccc1F. The van der Waals surface area contributed by atoms with Gasteiger partial charge in [0.1, 0.15) is 11.4 Å². The Bertz CT molecular complexity index is 1190. The summed E-state index contributed by atoms with van der Waals surface area (Å²) >= 11 is 6.08. The largest absolute Gasteiger partial charge is 0.450 e. The Labute approximate surface area is 185 Å². The van der Waals surface area contributed by atoms with Crippen LogP contribution in [-0.4, -0.2) is 41.9 Å². The highest BCUT2D eigenvalue weighted by molar-refractivity contribution is 6.31. The van der Waals surface area contributed by atoms with Gasteiger partial charge in [0.2, 0.25) is 5.76 Å². The van der Waals surface area contributed by atoms with Gasteiger partial charge in [0.15, 0.2) is 5.43 Å². The summed E-state index contributed by atoms with van der Waals surface area (Å²) < 4.78 is 20.7. The number of fused-ring (bicyclic) bond motifs is 2. The molecule has 1 amide bonds. The van der Waals surface area contributed by atoms with Crippen LogP contribution in [0.2, 0.25) is 5.02 Å². The Morgan fingerprint density at radius 2 is 1.87 bits per heavy atom. The maximum absolute atomic E-state index is 14.8. The minimum Gasteiger partial charge on any atom is -0.450 e. The van der Waals surface area contributed by atoms with Crippen molar-refractivity contribution < 1.29 is 13.6 Å². The molecule has 1 atom stereocenters. The van der Waals surface area contributed by atoms with Crippen LogP contribution < -0.4 is 5.43 Å². The van der Waals surface area contributed by atoms with Crippen molar-refractivity contribution in [2.75, 3.05) is 26.2 Å². The van der Waals surface area contributed by atoms with Crippen molar-refractivity contribution in [3.05, 3.63) is 80.4 Å². The van der Waals surface area contributed by atoms with Gasteiger partial charge in [0.05, 0.1) is 17.0 Å². The Balaban J connectivity index is 1.82. The lowest BCUT2D eigenvalue weighted by Crippen LogP contribution is -2.33. The summed E-state index contributed by atoms with van der Waals surface area (Å²) in [5.74, 6) is -0.875. The molecule has 0 radical (unpaired) electrons. The van der Waals surface area contributed by atoms with Crippen LogP contribution in [-0.2, 0) is 0 Å². The van der Waals surface area contributed by atoms with Gasteiger partial charge in [-0.1, -0.05) is 43.6 Å². The fourth-order valence-corrected chi connectivity index (χ4v) is 4.42. The zero-order valence-electron chi connectivity index (χ0n) is 17.5. The number of carbonyl (C=O) groups excluding carboxylic acids is 1. The van der Waals surface area contributed by atoms with Crippen molar-refractivity contribution in [2.24, 2.45) is 0 Å². The van der Waals surface area contributed by atoms with Crippen molar-refractivity contribution in [3.63, 3.8) is 0 Å². The molecule has 0 spiro atoms. The maximum atomic E-state index is 14.8. The lowest BCUT2D eigenvalue weighted by atomic mass is 9.98. The molecule has 0 aliphatic carbocycles. The normalized spacial score (nSPS) is 15.8. The fourth-order valence-electron chi connectivity index (χ4n) is 4.25. The van der Waals surface area contributed by atoms with Gasteiger partial charge in [-0.15, -0.1) is 0 Å². The van der Waals surface area contributed by atoms with E-state index in [1.807, 2.05) is 0 Å². The van der Waals surface area contributed by atoms with Gasteiger partial charge in [-0.2, -0.15) is 0 Å². The summed E-state index contributed by atoms with van der Waals surface area (Å²) in [6.07, 6.45) is 0.700. The molecule has 4 rings (SSSR count). The number of benzene rings is 2. The first-order chi connectivity index (χ1) is 15.0. The van der Waals surface area contributed by atoms with E-state index in [0.29, 0.717) is 23.6 Å². The topological polar surface area (TPSA) is 53.8 Å². The van der Waals surface area contributed by atoms with Gasteiger partial charge in [0, 0.05) is 17.1 Å². The van der Waals surface area contributed by atoms with Crippen LogP contribution in [0, 0.1) is 5.82 Å². The van der Waals surface area contributed by atoms with E-state index >= 15 is 0 Å². The Morgan fingerprint density at radius 1 is 1.13 bits per heavy atom. The molecule has 31 heavy (non-hydrogen) atoms. The highest BCUT2D eigenvalue weighted by Crippen LogP contribution is 2.39. The van der Waals surface area contributed by atoms with Crippen LogP contribution in [0.4, 0.5) is 4.39 Å². The minimum absolute atomic E-state index is 0.0177. The zero-order valence-corrected chi connectivity index (χ0v) is 18.3. The number of amides is 1. The van der Waals surface area contributed by atoms with Crippen molar-refractivity contribution in [1.82, 2.24) is 9.80 Å². The van der Waals surface area contributed by atoms with E-state index in [1.54, 1.807) is 35.2 Å². The highest BCUT2D eigenvalue weighted by atomic mass is 35.5. The molecule has 7 heteroatoms. The van der Waals surface area contributed by atoms with Gasteiger partial charge >= 0.3 is 0 Å². The summed E-state index contributed by atoms with van der Waals surface area (Å²) in [4.78, 5) is 30.5. The van der Waals surface area contributed by atoms with E-state index in [1.165, 1.54) is 12.1 Å². The summed E-state index contributed by atoms with van der Waals surface area (Å²) in [6, 6.07) is 10.1. The standard InChI is InChI=1S/C24H24ClFN2O3/c1-3-27(4-2)12-7-13-28-21(16-8-5-6-9-18(16)26)20-22(29)17-14-15(25)10-11-19(17)31-23(20)24(28)30/h5-6,8-11,14,21H,3-4,7,12-13H2,1-2H3/t21-/m0/s1. The molecular weight excluding hydrogens is 419 g/mol. The molecule has 0 N–H and O–H groups in total. The number of hydrogen-bond donors (Lipinski definition) is 0. The Morgan fingerprint density at radius 3 is 2.58 bits per heavy atom. The van der Waals surface area contributed by atoms with Crippen LogP contribution >= 0.6 is 11.6 Å². The molecule has 0 bridgehead atoms. The molecule has 0 unspecified atom stereocenters. The third-order valence-electron chi connectivity index (χ3n) is 5.90. The predicted octanol–water partition coefficient (Wildman–Crippen LogP) is 4.86. The molecule has 0 saturated heterocycles. The minimum atomic E-state index is -0.833. The summed E-state index contributed by atoms with van der Waals surface area (Å²) in [6.45, 7) is 7.18. The predicted molar refractivity (Wildman–Crippen MR) is 119 cm³/mol. The third-order valence-corrected chi connectivity index (χ3v) is 6.13. The Kier molecular flexibility index (Phi) is 6.12. The molecule has 0 fully saturated rings. The summed E-state index contributed by atoms with van der Waals surface area (Å²) in [7, 11) is 0. The van der Waals surface area contributed by atoms with Crippen LogP contribution in [0.3, 0.4) is 0 Å². The number of rotatable bonds is 7. The van der Waals surface area contributed by atoms with Crippen molar-refractivity contribution in [1.29, 1.82) is 0 Å². The average molecular weight is 443 g/mol. The quantitative estimate of drug-likeness (QED) is 0.524. The van der Waals surface area contributed by atoms with Crippen molar-refractivity contribution >= 4 is 28.5 Å². The average Bonchev–Trinajstić information content (AvgIpc) is 3.04. The van der Waals surface area contributed by atoms with Crippen LogP contribution in [0.15, 0.2) is 51.7 Å². The second kappa shape index (κ2) is 8.81. The van der Waals surface area contributed by atoms with Gasteiger partial charge in [-0.05, 0) is 50.3 Å². The molecule has 1 aromatic heterocycles. The number of carbonyl (C=O) groups is 1. The first-order valence-electron chi connectivity index (χ1n) is 10.5. The van der Waals surface area contributed by atoms with Crippen molar-refractivity contribution in [3.8, 4) is 0 Å². The molecule has 1 aliphatic rings. The van der Waals surface area contributed by atoms with Crippen molar-refractivity contribution in [2.45, 2.75) is 26.3 Å². The fraction of sp³-hybridized carbons (Fsp3) is 0.333. The molecule has 3 aromatic rings. The monoisotopic (exact) mass is 442 g/mol. The van der Waals surface area contributed by atoms with Crippen LogP contribution in [0.25, 0.3) is 11.0 Å².